The zero-order chi connectivity index (χ0) is 18.4. The third kappa shape index (κ3) is 2.68. The van der Waals surface area contributed by atoms with Crippen LogP contribution in [-0.4, -0.2) is 20.8 Å². The molecule has 0 aliphatic heterocycles. The van der Waals surface area contributed by atoms with Crippen LogP contribution in [-0.2, 0) is 0 Å². The van der Waals surface area contributed by atoms with Crippen molar-refractivity contribution < 1.29 is 5.11 Å². The van der Waals surface area contributed by atoms with Crippen molar-refractivity contribution in [2.24, 2.45) is 0 Å². The van der Waals surface area contributed by atoms with Crippen LogP contribution in [0.5, 0.6) is 0 Å². The lowest BCUT2D eigenvalue weighted by Gasteiger charge is -2.14. The summed E-state index contributed by atoms with van der Waals surface area (Å²) in [5, 5.41) is 11.7. The Bertz CT molecular complexity index is 1050. The van der Waals surface area contributed by atoms with Crippen LogP contribution in [0.2, 0.25) is 5.02 Å². The Morgan fingerprint density at radius 3 is 2.69 bits per heavy atom. The molecule has 1 fully saturated rings. The molecule has 1 saturated carbocycles. The molecule has 2 aromatic heterocycles. The summed E-state index contributed by atoms with van der Waals surface area (Å²) >= 11 is 6.58. The second-order valence-electron chi connectivity index (χ2n) is 7.16. The van der Waals surface area contributed by atoms with Gasteiger partial charge in [0.15, 0.2) is 5.69 Å². The molecule has 0 unspecified atom stereocenters. The Labute approximate surface area is 157 Å². The first kappa shape index (κ1) is 17.1. The number of halogens is 1. The summed E-state index contributed by atoms with van der Waals surface area (Å²) in [5.41, 5.74) is 5.51. The Morgan fingerprint density at radius 1 is 1.19 bits per heavy atom. The number of aliphatic hydroxyl groups excluding tert-OH is 1. The van der Waals surface area contributed by atoms with Gasteiger partial charge in [0.1, 0.15) is 0 Å². The molecule has 2 heterocycles. The third-order valence-corrected chi connectivity index (χ3v) is 5.89. The summed E-state index contributed by atoms with van der Waals surface area (Å²) in [5.74, 6) is 0. The fraction of sp³-hybridized carbons (Fsp3) is 0.333. The number of benzene rings is 1. The lowest BCUT2D eigenvalue weighted by atomic mass is 10.0. The van der Waals surface area contributed by atoms with Crippen LogP contribution in [0, 0.1) is 20.4 Å². The highest BCUT2D eigenvalue weighted by molar-refractivity contribution is 6.34. The average Bonchev–Trinajstić information content (AvgIpc) is 3.20. The van der Waals surface area contributed by atoms with Gasteiger partial charge in [0, 0.05) is 41.3 Å². The molecule has 0 spiro atoms. The van der Waals surface area contributed by atoms with Gasteiger partial charge in [0.2, 0.25) is 0 Å². The fourth-order valence-electron chi connectivity index (χ4n) is 3.95. The standard InChI is InChI=1S/C21H20ClN3O/c1-12-6-20-16(8-19(12)23-3)18(17-10-24-9-13(2)21(17)22)11-25(20)14-4-5-15(26)7-14/h6,8-11,14-15,26H,4-5,7H2,1-2H3/t14-,15-/m1/s1. The van der Waals surface area contributed by atoms with Crippen LogP contribution in [0.25, 0.3) is 26.9 Å². The predicted octanol–water partition coefficient (Wildman–Crippen LogP) is 5.61. The Balaban J connectivity index is 2.01. The molecule has 2 atom stereocenters. The monoisotopic (exact) mass is 365 g/mol. The van der Waals surface area contributed by atoms with E-state index >= 15 is 0 Å². The van der Waals surface area contributed by atoms with Gasteiger partial charge in [-0.3, -0.25) is 4.98 Å². The van der Waals surface area contributed by atoms with Crippen molar-refractivity contribution in [2.45, 2.75) is 45.3 Å². The number of nitrogens with zero attached hydrogens (tertiary/aromatic N) is 3. The summed E-state index contributed by atoms with van der Waals surface area (Å²) in [6, 6.07) is 4.29. The molecule has 1 N–H and O–H groups in total. The van der Waals surface area contributed by atoms with Gasteiger partial charge >= 0.3 is 0 Å². The number of hydrogen-bond acceptors (Lipinski definition) is 2. The predicted molar refractivity (Wildman–Crippen MR) is 105 cm³/mol. The molecule has 4 nitrogen and oxygen atoms in total. The van der Waals surface area contributed by atoms with Gasteiger partial charge in [0.05, 0.1) is 17.7 Å². The van der Waals surface area contributed by atoms with Crippen molar-refractivity contribution in [1.29, 1.82) is 0 Å². The highest BCUT2D eigenvalue weighted by Crippen LogP contribution is 2.42. The molecule has 1 aromatic carbocycles. The van der Waals surface area contributed by atoms with E-state index in [1.165, 1.54) is 0 Å². The van der Waals surface area contributed by atoms with E-state index in [0.29, 0.717) is 10.7 Å². The highest BCUT2D eigenvalue weighted by Gasteiger charge is 2.27. The van der Waals surface area contributed by atoms with Crippen molar-refractivity contribution in [3.8, 4) is 11.1 Å². The zero-order valence-corrected chi connectivity index (χ0v) is 15.6. The molecule has 3 aromatic rings. The average molecular weight is 366 g/mol. The van der Waals surface area contributed by atoms with Crippen LogP contribution in [0.1, 0.15) is 36.4 Å². The van der Waals surface area contributed by atoms with Crippen molar-refractivity contribution >= 4 is 28.2 Å². The number of fused-ring (bicyclic) bond motifs is 1. The van der Waals surface area contributed by atoms with Crippen LogP contribution < -0.4 is 0 Å². The zero-order valence-electron chi connectivity index (χ0n) is 14.8. The third-order valence-electron chi connectivity index (χ3n) is 5.39. The molecular weight excluding hydrogens is 346 g/mol. The first-order valence-corrected chi connectivity index (χ1v) is 9.18. The molecule has 0 saturated heterocycles. The van der Waals surface area contributed by atoms with Gasteiger partial charge in [-0.15, -0.1) is 0 Å². The summed E-state index contributed by atoms with van der Waals surface area (Å²) in [4.78, 5) is 7.98. The van der Waals surface area contributed by atoms with Crippen LogP contribution >= 0.6 is 11.6 Å². The maximum atomic E-state index is 9.99. The van der Waals surface area contributed by atoms with E-state index in [9.17, 15) is 5.11 Å². The second-order valence-corrected chi connectivity index (χ2v) is 7.53. The first-order valence-electron chi connectivity index (χ1n) is 8.80. The number of pyridine rings is 1. The largest absolute Gasteiger partial charge is 0.393 e. The van der Waals surface area contributed by atoms with E-state index < -0.39 is 0 Å². The Hall–Kier alpha value is -2.35. The second kappa shape index (κ2) is 6.42. The molecule has 0 amide bonds. The molecule has 4 rings (SSSR count). The number of hydrogen-bond donors (Lipinski definition) is 1. The van der Waals surface area contributed by atoms with Crippen molar-refractivity contribution in [3.63, 3.8) is 0 Å². The van der Waals surface area contributed by atoms with E-state index in [4.69, 9.17) is 18.2 Å². The molecule has 5 heteroatoms. The quantitative estimate of drug-likeness (QED) is 0.600. The Morgan fingerprint density at radius 2 is 2.00 bits per heavy atom. The van der Waals surface area contributed by atoms with Crippen LogP contribution in [0.4, 0.5) is 5.69 Å². The number of aromatic nitrogens is 2. The normalized spacial score (nSPS) is 19.8. The lowest BCUT2D eigenvalue weighted by Crippen LogP contribution is -2.06. The van der Waals surface area contributed by atoms with E-state index in [1.807, 2.05) is 19.9 Å². The maximum absolute atomic E-state index is 9.99. The van der Waals surface area contributed by atoms with Crippen LogP contribution in [0.15, 0.2) is 30.7 Å². The topological polar surface area (TPSA) is 42.4 Å². The van der Waals surface area contributed by atoms with Gasteiger partial charge in [-0.05, 0) is 61.8 Å². The molecule has 132 valence electrons. The highest BCUT2D eigenvalue weighted by atomic mass is 35.5. The molecule has 0 radical (unpaired) electrons. The van der Waals surface area contributed by atoms with Gasteiger partial charge in [-0.1, -0.05) is 11.6 Å². The van der Waals surface area contributed by atoms with E-state index in [-0.39, 0.29) is 12.1 Å². The van der Waals surface area contributed by atoms with Gasteiger partial charge < -0.3 is 9.67 Å². The molecular formula is C21H20ClN3O. The molecule has 1 aliphatic carbocycles. The van der Waals surface area contributed by atoms with Crippen molar-refractivity contribution in [1.82, 2.24) is 9.55 Å². The molecule has 26 heavy (non-hydrogen) atoms. The van der Waals surface area contributed by atoms with E-state index in [2.05, 4.69) is 26.7 Å². The van der Waals surface area contributed by atoms with Crippen molar-refractivity contribution in [2.75, 3.05) is 0 Å². The van der Waals surface area contributed by atoms with Gasteiger partial charge in [-0.25, -0.2) is 4.85 Å². The first-order chi connectivity index (χ1) is 12.5. The van der Waals surface area contributed by atoms with Gasteiger partial charge in [-0.2, -0.15) is 0 Å². The minimum Gasteiger partial charge on any atom is -0.393 e. The summed E-state index contributed by atoms with van der Waals surface area (Å²) < 4.78 is 2.25. The number of aryl methyl sites for hydroxylation is 2. The fourth-order valence-corrected chi connectivity index (χ4v) is 4.15. The van der Waals surface area contributed by atoms with Gasteiger partial charge in [0.25, 0.3) is 0 Å². The SMILES string of the molecule is [C-]#[N+]c1cc2c(-c3cncc(C)c3Cl)cn([C@@H]3CC[C@@H](O)C3)c2cc1C. The van der Waals surface area contributed by atoms with Crippen LogP contribution in [0.3, 0.4) is 0 Å². The summed E-state index contributed by atoms with van der Waals surface area (Å²) in [6.07, 6.45) is 7.95. The van der Waals surface area contributed by atoms with E-state index in [0.717, 1.165) is 52.4 Å². The van der Waals surface area contributed by atoms with Crippen molar-refractivity contribution in [3.05, 3.63) is 58.3 Å². The minimum absolute atomic E-state index is 0.242. The Kier molecular flexibility index (Phi) is 4.22. The maximum Gasteiger partial charge on any atom is 0.190 e. The number of aliphatic hydroxyl groups is 1. The minimum atomic E-state index is -0.242. The summed E-state index contributed by atoms with van der Waals surface area (Å²) in [6.45, 7) is 11.4. The lowest BCUT2D eigenvalue weighted by molar-refractivity contribution is 0.178. The smallest absolute Gasteiger partial charge is 0.190 e. The van der Waals surface area contributed by atoms with E-state index in [1.54, 1.807) is 12.4 Å². The summed E-state index contributed by atoms with van der Waals surface area (Å²) in [7, 11) is 0. The number of rotatable bonds is 2. The molecule has 0 bridgehead atoms. The molecule has 1 aliphatic rings.